The molecule has 7 amide bonds. The quantitative estimate of drug-likeness (QED) is 0.0317. The third-order valence-corrected chi connectivity index (χ3v) is 10.9. The molecule has 1 aromatic rings. The first-order valence-corrected chi connectivity index (χ1v) is 20.5. The van der Waals surface area contributed by atoms with Crippen molar-refractivity contribution in [2.24, 2.45) is 22.2 Å². The standard InChI is InChI=1S/C39H57N11O12/c40-23(10-4-14-43-39(41)42)35(58)50-17-7-13-29(50)37(60)49-16-5-11-27(49)33(56)44-20-30(52)45-24(19-31(53)54)32(55)47-26(21-51)36(59)48-15-6-12-28(48)34(57)46-25(38(61)62)18-22-8-2-1-3-9-22/h1-3,8-9,23-29,51H,4-7,10-21,40H2,(H,44,56)(H,45,52)(H,46,57)(H,47,55)(H,53,54)(H,61,62)(H4,41,42,43)/t23-,24-,25-,26-,27-,28-,29-/m0/s1. The Balaban J connectivity index is 1.31. The molecule has 62 heavy (non-hydrogen) atoms. The van der Waals surface area contributed by atoms with E-state index in [1.54, 1.807) is 30.3 Å². The van der Waals surface area contributed by atoms with Gasteiger partial charge in [-0.05, 0) is 56.9 Å². The lowest BCUT2D eigenvalue weighted by atomic mass is 10.1. The minimum atomic E-state index is -1.78. The molecule has 7 atom stereocenters. The second-order valence-corrected chi connectivity index (χ2v) is 15.4. The number of hydrogen-bond donors (Lipinski definition) is 10. The SMILES string of the molecule is NC(N)=NCCC[C@H](N)C(=O)N1CCC[C@H]1C(=O)N1CCC[C@H]1C(=O)NCC(=O)N[C@@H](CC(=O)O)C(=O)N[C@@H](CO)C(=O)N1CCC[C@H]1C(=O)N[C@@H](Cc1ccccc1)C(=O)O. The number of likely N-dealkylation sites (tertiary alicyclic amines) is 3. The second-order valence-electron chi connectivity index (χ2n) is 15.4. The van der Waals surface area contributed by atoms with E-state index in [9.17, 15) is 58.5 Å². The van der Waals surface area contributed by atoms with Gasteiger partial charge in [0.2, 0.25) is 41.4 Å². The van der Waals surface area contributed by atoms with Crippen LogP contribution in [0.1, 0.15) is 63.4 Å². The lowest BCUT2D eigenvalue weighted by Crippen LogP contribution is -2.59. The van der Waals surface area contributed by atoms with Crippen LogP contribution in [0, 0.1) is 0 Å². The Morgan fingerprint density at radius 3 is 1.94 bits per heavy atom. The normalized spacial score (nSPS) is 20.3. The third-order valence-electron chi connectivity index (χ3n) is 10.9. The third kappa shape index (κ3) is 13.3. The van der Waals surface area contributed by atoms with Crippen LogP contribution >= 0.6 is 0 Å². The molecule has 0 saturated carbocycles. The van der Waals surface area contributed by atoms with Crippen LogP contribution in [-0.4, -0.2) is 171 Å². The van der Waals surface area contributed by atoms with Gasteiger partial charge in [-0.25, -0.2) is 4.79 Å². The number of aliphatic hydroxyl groups is 1. The number of guanidine groups is 1. The van der Waals surface area contributed by atoms with E-state index in [0.717, 1.165) is 4.90 Å². The van der Waals surface area contributed by atoms with Crippen LogP contribution < -0.4 is 38.5 Å². The first-order chi connectivity index (χ1) is 29.5. The molecule has 0 bridgehead atoms. The van der Waals surface area contributed by atoms with Crippen LogP contribution in [0.4, 0.5) is 0 Å². The highest BCUT2D eigenvalue weighted by atomic mass is 16.4. The Morgan fingerprint density at radius 2 is 1.34 bits per heavy atom. The van der Waals surface area contributed by atoms with E-state index in [1.807, 2.05) is 0 Å². The van der Waals surface area contributed by atoms with Gasteiger partial charge in [0.15, 0.2) is 5.96 Å². The van der Waals surface area contributed by atoms with E-state index in [2.05, 4.69) is 26.3 Å². The molecule has 0 aromatic heterocycles. The molecule has 3 fully saturated rings. The zero-order valence-corrected chi connectivity index (χ0v) is 34.3. The van der Waals surface area contributed by atoms with Crippen molar-refractivity contribution in [3.8, 4) is 0 Å². The summed E-state index contributed by atoms with van der Waals surface area (Å²) in [6.07, 6.45) is 1.90. The van der Waals surface area contributed by atoms with Gasteiger partial charge in [-0.2, -0.15) is 0 Å². The molecule has 0 unspecified atom stereocenters. The molecule has 3 heterocycles. The number of carboxylic acid groups (broad SMARTS) is 2. The highest BCUT2D eigenvalue weighted by Crippen LogP contribution is 2.26. The number of aliphatic imine (C=N–C) groups is 1. The Kier molecular flexibility index (Phi) is 17.9. The van der Waals surface area contributed by atoms with Crippen LogP contribution in [0.3, 0.4) is 0 Å². The summed E-state index contributed by atoms with van der Waals surface area (Å²) in [7, 11) is 0. The van der Waals surface area contributed by atoms with Crippen molar-refractivity contribution in [1.82, 2.24) is 36.0 Å². The molecule has 3 aliphatic heterocycles. The average Bonchev–Trinajstić information content (AvgIpc) is 4.04. The van der Waals surface area contributed by atoms with Gasteiger partial charge in [-0.3, -0.25) is 43.3 Å². The van der Waals surface area contributed by atoms with E-state index >= 15 is 0 Å². The summed E-state index contributed by atoms with van der Waals surface area (Å²) in [5, 5.41) is 38.7. The average molecular weight is 872 g/mol. The molecule has 340 valence electrons. The van der Waals surface area contributed by atoms with Crippen molar-refractivity contribution in [2.45, 2.75) is 107 Å². The molecule has 23 heteroatoms. The number of carboxylic acids is 2. The van der Waals surface area contributed by atoms with Crippen molar-refractivity contribution in [3.63, 3.8) is 0 Å². The first-order valence-electron chi connectivity index (χ1n) is 20.5. The van der Waals surface area contributed by atoms with Gasteiger partial charge >= 0.3 is 11.9 Å². The van der Waals surface area contributed by atoms with E-state index < -0.39 is 115 Å². The summed E-state index contributed by atoms with van der Waals surface area (Å²) in [5.74, 6) is -8.23. The number of benzene rings is 1. The van der Waals surface area contributed by atoms with E-state index in [4.69, 9.17) is 17.2 Å². The number of nitrogens with one attached hydrogen (secondary N) is 4. The number of aliphatic hydroxyl groups excluding tert-OH is 1. The lowest BCUT2D eigenvalue weighted by Gasteiger charge is -2.32. The fourth-order valence-corrected chi connectivity index (χ4v) is 7.83. The number of carbonyl (C=O) groups is 9. The minimum Gasteiger partial charge on any atom is -0.481 e. The summed E-state index contributed by atoms with van der Waals surface area (Å²) in [6, 6.07) is -0.0263. The number of amides is 7. The Morgan fingerprint density at radius 1 is 0.742 bits per heavy atom. The molecule has 3 aliphatic rings. The van der Waals surface area contributed by atoms with Gasteiger partial charge in [0.1, 0.15) is 36.3 Å². The maximum atomic E-state index is 13.7. The molecule has 0 aliphatic carbocycles. The van der Waals surface area contributed by atoms with E-state index in [0.29, 0.717) is 44.2 Å². The summed E-state index contributed by atoms with van der Waals surface area (Å²) in [6.45, 7) is -0.851. The van der Waals surface area contributed by atoms with Crippen LogP contribution in [0.25, 0.3) is 0 Å². The number of hydrogen-bond acceptors (Lipinski definition) is 12. The molecule has 13 N–H and O–H groups in total. The summed E-state index contributed by atoms with van der Waals surface area (Å²) >= 11 is 0. The molecule has 3 saturated heterocycles. The van der Waals surface area contributed by atoms with E-state index in [1.165, 1.54) is 9.80 Å². The molecule has 23 nitrogen and oxygen atoms in total. The zero-order chi connectivity index (χ0) is 45.5. The van der Waals surface area contributed by atoms with Crippen molar-refractivity contribution in [3.05, 3.63) is 35.9 Å². The predicted octanol–water partition coefficient (Wildman–Crippen LogP) is -4.29. The van der Waals surface area contributed by atoms with Crippen molar-refractivity contribution in [2.75, 3.05) is 39.3 Å². The highest BCUT2D eigenvalue weighted by Gasteiger charge is 2.43. The van der Waals surface area contributed by atoms with Gasteiger partial charge in [0.05, 0.1) is 25.6 Å². The lowest BCUT2D eigenvalue weighted by molar-refractivity contribution is -0.147. The van der Waals surface area contributed by atoms with Crippen molar-refractivity contribution >= 4 is 59.2 Å². The van der Waals surface area contributed by atoms with Crippen LogP contribution in [0.15, 0.2) is 35.3 Å². The van der Waals surface area contributed by atoms with Gasteiger partial charge in [0, 0.05) is 32.6 Å². The maximum Gasteiger partial charge on any atom is 0.326 e. The predicted molar refractivity (Wildman–Crippen MR) is 218 cm³/mol. The molecule has 0 spiro atoms. The van der Waals surface area contributed by atoms with Crippen LogP contribution in [-0.2, 0) is 49.6 Å². The highest BCUT2D eigenvalue weighted by molar-refractivity contribution is 5.98. The zero-order valence-electron chi connectivity index (χ0n) is 34.3. The van der Waals surface area contributed by atoms with Crippen LogP contribution in [0.2, 0.25) is 0 Å². The first kappa shape index (κ1) is 48.3. The van der Waals surface area contributed by atoms with Gasteiger partial charge in [-0.15, -0.1) is 0 Å². The summed E-state index contributed by atoms with van der Waals surface area (Å²) in [4.78, 5) is 125. The minimum absolute atomic E-state index is 0.0267. The largest absolute Gasteiger partial charge is 0.481 e. The smallest absolute Gasteiger partial charge is 0.326 e. The molecular weight excluding hydrogens is 814 g/mol. The molecule has 1 aromatic carbocycles. The fraction of sp³-hybridized carbons (Fsp3) is 0.590. The maximum absolute atomic E-state index is 13.7. The summed E-state index contributed by atoms with van der Waals surface area (Å²) < 4.78 is 0. The van der Waals surface area contributed by atoms with Crippen molar-refractivity contribution in [1.29, 1.82) is 0 Å². The van der Waals surface area contributed by atoms with Gasteiger partial charge in [-0.1, -0.05) is 30.3 Å². The molecule has 4 rings (SSSR count). The van der Waals surface area contributed by atoms with Gasteiger partial charge in [0.25, 0.3) is 0 Å². The number of aliphatic carboxylic acids is 2. The van der Waals surface area contributed by atoms with Crippen molar-refractivity contribution < 1.29 is 58.5 Å². The molecule has 0 radical (unpaired) electrons. The monoisotopic (exact) mass is 871 g/mol. The fourth-order valence-electron chi connectivity index (χ4n) is 7.83. The number of rotatable bonds is 21. The number of nitrogens with zero attached hydrogens (tertiary/aromatic N) is 4. The van der Waals surface area contributed by atoms with E-state index in [-0.39, 0.29) is 51.3 Å². The van der Waals surface area contributed by atoms with Crippen LogP contribution in [0.5, 0.6) is 0 Å². The Hall–Kier alpha value is -6.36. The molecular formula is C39H57N11O12. The topological polar surface area (TPSA) is 363 Å². The Labute approximate surface area is 357 Å². The number of nitrogens with two attached hydrogens (primary N) is 3. The van der Waals surface area contributed by atoms with Gasteiger partial charge < -0.3 is 68.5 Å². The summed E-state index contributed by atoms with van der Waals surface area (Å²) in [5.41, 5.74) is 17.4. The second kappa shape index (κ2) is 23.0. The number of carbonyl (C=O) groups excluding carboxylic acids is 7. The Bertz CT molecular complexity index is 1850.